The van der Waals surface area contributed by atoms with Crippen LogP contribution in [0.4, 0.5) is 4.39 Å². The molecule has 1 saturated heterocycles. The highest BCUT2D eigenvalue weighted by atomic mass is 35.5. The maximum absolute atomic E-state index is 13.4. The Labute approximate surface area is 177 Å². The lowest BCUT2D eigenvalue weighted by molar-refractivity contribution is 0.258. The molecule has 0 atom stereocenters. The normalized spacial score (nSPS) is 16.1. The van der Waals surface area contributed by atoms with Crippen LogP contribution in [0.1, 0.15) is 18.9 Å². The fourth-order valence-electron chi connectivity index (χ4n) is 3.59. The van der Waals surface area contributed by atoms with Crippen molar-refractivity contribution in [1.82, 2.24) is 23.6 Å². The average molecular weight is 452 g/mol. The number of piperidine rings is 1. The summed E-state index contributed by atoms with van der Waals surface area (Å²) in [5, 5.41) is 4.87. The molecule has 0 aliphatic carbocycles. The van der Waals surface area contributed by atoms with E-state index in [9.17, 15) is 17.6 Å². The van der Waals surface area contributed by atoms with Crippen LogP contribution in [-0.4, -0.2) is 51.4 Å². The molecule has 158 valence electrons. The van der Waals surface area contributed by atoms with Gasteiger partial charge in [-0.3, -0.25) is 4.98 Å². The minimum atomic E-state index is -3.28. The first-order chi connectivity index (χ1) is 14.3. The first-order valence-electron chi connectivity index (χ1n) is 9.28. The summed E-state index contributed by atoms with van der Waals surface area (Å²) in [6.07, 6.45) is 5.09. The minimum absolute atomic E-state index is 0.267. The molecule has 4 rings (SSSR count). The minimum Gasteiger partial charge on any atom is -0.263 e. The van der Waals surface area contributed by atoms with Crippen molar-refractivity contribution in [3.63, 3.8) is 0 Å². The smallest absolute Gasteiger partial charge is 0.263 e. The Hall–Kier alpha value is -2.56. The van der Waals surface area contributed by atoms with Crippen LogP contribution in [-0.2, 0) is 10.0 Å². The van der Waals surface area contributed by atoms with E-state index in [4.69, 9.17) is 11.6 Å². The van der Waals surface area contributed by atoms with Gasteiger partial charge in [0, 0.05) is 31.0 Å². The van der Waals surface area contributed by atoms with Gasteiger partial charge in [0.15, 0.2) is 5.82 Å². The fraction of sp³-hybridized carbons (Fsp3) is 0.316. The molecule has 0 bridgehead atoms. The number of pyridine rings is 1. The zero-order valence-electron chi connectivity index (χ0n) is 16.1. The molecule has 0 saturated carbocycles. The standard InChI is InChI=1S/C19H19ClFN5O3S/c1-30(28,29)24-10-7-15(8-11-24)26-19(27)25(14-4-2-13(21)3-5-14)18(23-26)16-6-9-22-12-17(16)20/h2-6,9,12,15H,7-8,10-11H2,1H3. The third-order valence-corrected chi connectivity index (χ3v) is 6.74. The maximum Gasteiger partial charge on any atom is 0.351 e. The molecule has 1 aliphatic rings. The van der Waals surface area contributed by atoms with Gasteiger partial charge >= 0.3 is 5.69 Å². The van der Waals surface area contributed by atoms with Crippen LogP contribution in [0.15, 0.2) is 47.5 Å². The van der Waals surface area contributed by atoms with Gasteiger partial charge in [0.1, 0.15) is 5.82 Å². The zero-order valence-corrected chi connectivity index (χ0v) is 17.6. The van der Waals surface area contributed by atoms with Crippen LogP contribution in [0, 0.1) is 5.82 Å². The summed E-state index contributed by atoms with van der Waals surface area (Å²) in [4.78, 5) is 17.3. The van der Waals surface area contributed by atoms with Gasteiger partial charge in [0.2, 0.25) is 10.0 Å². The Morgan fingerprint density at radius 1 is 1.13 bits per heavy atom. The van der Waals surface area contributed by atoms with E-state index in [-0.39, 0.29) is 6.04 Å². The first kappa shape index (κ1) is 20.7. The van der Waals surface area contributed by atoms with Crippen LogP contribution in [0.25, 0.3) is 17.1 Å². The maximum atomic E-state index is 13.4. The van der Waals surface area contributed by atoms with E-state index in [0.717, 1.165) is 0 Å². The molecule has 3 heterocycles. The van der Waals surface area contributed by atoms with Gasteiger partial charge in [-0.05, 0) is 43.2 Å². The van der Waals surface area contributed by atoms with Gasteiger partial charge in [-0.2, -0.15) is 0 Å². The van der Waals surface area contributed by atoms with Gasteiger partial charge in [-0.15, -0.1) is 5.10 Å². The van der Waals surface area contributed by atoms with Crippen molar-refractivity contribution in [2.75, 3.05) is 19.3 Å². The molecule has 2 aromatic heterocycles. The first-order valence-corrected chi connectivity index (χ1v) is 11.5. The number of benzene rings is 1. The molecule has 1 aromatic carbocycles. The van der Waals surface area contributed by atoms with Crippen molar-refractivity contribution in [3.8, 4) is 17.1 Å². The van der Waals surface area contributed by atoms with E-state index in [1.807, 2.05) is 0 Å². The molecule has 0 amide bonds. The number of nitrogens with zero attached hydrogens (tertiary/aromatic N) is 5. The predicted molar refractivity (Wildman–Crippen MR) is 111 cm³/mol. The summed E-state index contributed by atoms with van der Waals surface area (Å²) in [5.41, 5.74) is 0.562. The van der Waals surface area contributed by atoms with Crippen molar-refractivity contribution < 1.29 is 12.8 Å². The molecule has 8 nitrogen and oxygen atoms in total. The fourth-order valence-corrected chi connectivity index (χ4v) is 4.67. The van der Waals surface area contributed by atoms with Crippen molar-refractivity contribution in [2.24, 2.45) is 0 Å². The largest absolute Gasteiger partial charge is 0.351 e. The molecule has 1 fully saturated rings. The SMILES string of the molecule is CS(=O)(=O)N1CCC(n2nc(-c3ccncc3Cl)n(-c3ccc(F)cc3)c2=O)CC1. The van der Waals surface area contributed by atoms with Crippen LogP contribution in [0.2, 0.25) is 5.02 Å². The van der Waals surface area contributed by atoms with Crippen molar-refractivity contribution in [3.05, 3.63) is 64.0 Å². The lowest BCUT2D eigenvalue weighted by Gasteiger charge is -2.29. The Balaban J connectivity index is 1.80. The van der Waals surface area contributed by atoms with E-state index >= 15 is 0 Å². The molecular formula is C19H19ClFN5O3S. The highest BCUT2D eigenvalue weighted by molar-refractivity contribution is 7.88. The highest BCUT2D eigenvalue weighted by Crippen LogP contribution is 2.29. The summed E-state index contributed by atoms with van der Waals surface area (Å²) in [5.74, 6) is -0.111. The third-order valence-electron chi connectivity index (χ3n) is 5.14. The second-order valence-electron chi connectivity index (χ2n) is 7.11. The molecule has 3 aromatic rings. The topological polar surface area (TPSA) is 90.1 Å². The summed E-state index contributed by atoms with van der Waals surface area (Å²) >= 11 is 6.30. The molecule has 0 spiro atoms. The summed E-state index contributed by atoms with van der Waals surface area (Å²) in [6.45, 7) is 0.620. The van der Waals surface area contributed by atoms with Crippen molar-refractivity contribution in [1.29, 1.82) is 0 Å². The number of aromatic nitrogens is 4. The average Bonchev–Trinajstić information content (AvgIpc) is 3.05. The van der Waals surface area contributed by atoms with Gasteiger partial charge in [-0.25, -0.2) is 31.2 Å². The van der Waals surface area contributed by atoms with Gasteiger partial charge < -0.3 is 0 Å². The summed E-state index contributed by atoms with van der Waals surface area (Å²) in [7, 11) is -3.28. The van der Waals surface area contributed by atoms with Crippen LogP contribution in [0.5, 0.6) is 0 Å². The summed E-state index contributed by atoms with van der Waals surface area (Å²) < 4.78 is 41.1. The second kappa shape index (κ2) is 7.93. The Morgan fingerprint density at radius 3 is 2.40 bits per heavy atom. The molecule has 1 aliphatic heterocycles. The van der Waals surface area contributed by atoms with E-state index in [2.05, 4.69) is 10.1 Å². The van der Waals surface area contributed by atoms with E-state index < -0.39 is 21.5 Å². The molecule has 30 heavy (non-hydrogen) atoms. The molecule has 0 N–H and O–H groups in total. The number of halogens is 2. The lowest BCUT2D eigenvalue weighted by Crippen LogP contribution is -2.40. The number of sulfonamides is 1. The van der Waals surface area contributed by atoms with Crippen LogP contribution in [0.3, 0.4) is 0 Å². The van der Waals surface area contributed by atoms with Crippen molar-refractivity contribution >= 4 is 21.6 Å². The molecular weight excluding hydrogens is 433 g/mol. The zero-order chi connectivity index (χ0) is 21.5. The predicted octanol–water partition coefficient (Wildman–Crippen LogP) is 2.49. The summed E-state index contributed by atoms with van der Waals surface area (Å²) in [6, 6.07) is 6.90. The lowest BCUT2D eigenvalue weighted by atomic mass is 10.1. The Morgan fingerprint density at radius 2 is 1.80 bits per heavy atom. The van der Waals surface area contributed by atoms with Crippen LogP contribution < -0.4 is 5.69 Å². The van der Waals surface area contributed by atoms with E-state index in [1.165, 1.54) is 50.3 Å². The van der Waals surface area contributed by atoms with Gasteiger partial charge in [0.25, 0.3) is 0 Å². The number of rotatable bonds is 4. The highest BCUT2D eigenvalue weighted by Gasteiger charge is 2.29. The monoisotopic (exact) mass is 451 g/mol. The number of hydrogen-bond donors (Lipinski definition) is 0. The Bertz CT molecular complexity index is 1230. The quantitative estimate of drug-likeness (QED) is 0.608. The Kier molecular flexibility index (Phi) is 5.48. The molecule has 0 radical (unpaired) electrons. The van der Waals surface area contributed by atoms with Crippen LogP contribution >= 0.6 is 11.6 Å². The van der Waals surface area contributed by atoms with E-state index in [0.29, 0.717) is 48.0 Å². The molecule has 0 unspecified atom stereocenters. The van der Waals surface area contributed by atoms with E-state index in [1.54, 1.807) is 12.3 Å². The second-order valence-corrected chi connectivity index (χ2v) is 9.50. The molecule has 11 heteroatoms. The van der Waals surface area contributed by atoms with Crippen molar-refractivity contribution in [2.45, 2.75) is 18.9 Å². The third kappa shape index (κ3) is 3.90. The van der Waals surface area contributed by atoms with Gasteiger partial charge in [-0.1, -0.05) is 11.6 Å². The number of hydrogen-bond acceptors (Lipinski definition) is 5. The van der Waals surface area contributed by atoms with Gasteiger partial charge in [0.05, 0.1) is 23.0 Å².